The number of rotatable bonds is 7. The quantitative estimate of drug-likeness (QED) is 0.426. The molecule has 11 heteroatoms. The van der Waals surface area contributed by atoms with Crippen LogP contribution >= 0.6 is 0 Å². The maximum Gasteiger partial charge on any atom is 0.387 e. The van der Waals surface area contributed by atoms with Gasteiger partial charge >= 0.3 is 12.6 Å². The van der Waals surface area contributed by atoms with E-state index in [0.29, 0.717) is 37.2 Å². The van der Waals surface area contributed by atoms with Crippen LogP contribution in [0.15, 0.2) is 48.5 Å². The van der Waals surface area contributed by atoms with E-state index in [1.807, 2.05) is 12.1 Å². The SMILES string of the molecule is CCOC(=O)c1nn(-c2cccc(OC(F)F)c2)c2c1CCN(c1ccc(N3CCCCC3=O)cc1)C2=O. The largest absolute Gasteiger partial charge is 0.461 e. The van der Waals surface area contributed by atoms with Crippen LogP contribution < -0.4 is 14.5 Å². The number of piperidine rings is 1. The highest BCUT2D eigenvalue weighted by molar-refractivity contribution is 6.09. The number of nitrogens with zero attached hydrogens (tertiary/aromatic N) is 4. The van der Waals surface area contributed by atoms with Gasteiger partial charge in [0.1, 0.15) is 11.4 Å². The molecule has 0 radical (unpaired) electrons. The molecule has 3 aromatic rings. The summed E-state index contributed by atoms with van der Waals surface area (Å²) in [7, 11) is 0. The van der Waals surface area contributed by atoms with Crippen molar-refractivity contribution in [3.63, 3.8) is 0 Å². The average molecular weight is 525 g/mol. The summed E-state index contributed by atoms with van der Waals surface area (Å²) in [5.74, 6) is -1.10. The van der Waals surface area contributed by atoms with Gasteiger partial charge in [-0.15, -0.1) is 0 Å². The molecule has 0 atom stereocenters. The molecule has 1 saturated heterocycles. The fraction of sp³-hybridized carbons (Fsp3) is 0.333. The second-order valence-corrected chi connectivity index (χ2v) is 8.91. The van der Waals surface area contributed by atoms with Gasteiger partial charge in [-0.05, 0) is 62.6 Å². The molecule has 0 saturated carbocycles. The fourth-order valence-corrected chi connectivity index (χ4v) is 4.84. The van der Waals surface area contributed by atoms with E-state index in [2.05, 4.69) is 9.84 Å². The minimum absolute atomic E-state index is 0.00832. The molecule has 1 aromatic heterocycles. The third-order valence-corrected chi connectivity index (χ3v) is 6.57. The highest BCUT2D eigenvalue weighted by atomic mass is 19.3. The molecule has 0 bridgehead atoms. The Morgan fingerprint density at radius 1 is 0.974 bits per heavy atom. The first-order chi connectivity index (χ1) is 18.4. The highest BCUT2D eigenvalue weighted by Crippen LogP contribution is 2.31. The summed E-state index contributed by atoms with van der Waals surface area (Å²) in [4.78, 5) is 42.1. The molecule has 9 nitrogen and oxygen atoms in total. The van der Waals surface area contributed by atoms with Gasteiger partial charge in [-0.3, -0.25) is 9.59 Å². The number of benzene rings is 2. The summed E-state index contributed by atoms with van der Waals surface area (Å²) >= 11 is 0. The van der Waals surface area contributed by atoms with Gasteiger partial charge in [0.25, 0.3) is 5.91 Å². The van der Waals surface area contributed by atoms with Gasteiger partial charge in [0.05, 0.1) is 12.3 Å². The van der Waals surface area contributed by atoms with Crippen molar-refractivity contribution in [2.75, 3.05) is 29.5 Å². The molecule has 1 fully saturated rings. The number of fused-ring (bicyclic) bond motifs is 1. The van der Waals surface area contributed by atoms with Crippen molar-refractivity contribution >= 4 is 29.2 Å². The van der Waals surface area contributed by atoms with Crippen molar-refractivity contribution in [3.8, 4) is 11.4 Å². The number of alkyl halides is 2. The van der Waals surface area contributed by atoms with Crippen molar-refractivity contribution in [3.05, 3.63) is 65.5 Å². The summed E-state index contributed by atoms with van der Waals surface area (Å²) in [6.07, 6.45) is 2.67. The number of ether oxygens (including phenoxy) is 2. The Balaban J connectivity index is 1.51. The van der Waals surface area contributed by atoms with Crippen LogP contribution in [0.3, 0.4) is 0 Å². The Kier molecular flexibility index (Phi) is 7.08. The van der Waals surface area contributed by atoms with Crippen LogP contribution in [0.25, 0.3) is 5.69 Å². The standard InChI is InChI=1S/C27H26F2N4O5/c1-2-37-26(36)23-21-13-15-32(18-11-9-17(10-12-18)31-14-4-3-8-22(31)34)25(35)24(21)33(30-23)19-6-5-7-20(16-19)38-27(28)29/h5-7,9-12,16,27H,2-4,8,13-15H2,1H3. The van der Waals surface area contributed by atoms with Crippen LogP contribution in [0.2, 0.25) is 0 Å². The van der Waals surface area contributed by atoms with E-state index in [4.69, 9.17) is 4.74 Å². The molecule has 2 aliphatic heterocycles. The number of carbonyl (C=O) groups excluding carboxylic acids is 3. The summed E-state index contributed by atoms with van der Waals surface area (Å²) in [6.45, 7) is -0.272. The number of aromatic nitrogens is 2. The van der Waals surface area contributed by atoms with Crippen molar-refractivity contribution < 1.29 is 32.6 Å². The third kappa shape index (κ3) is 4.83. The minimum Gasteiger partial charge on any atom is -0.461 e. The van der Waals surface area contributed by atoms with E-state index in [-0.39, 0.29) is 35.3 Å². The maximum atomic E-state index is 13.8. The van der Waals surface area contributed by atoms with Crippen molar-refractivity contribution in [2.24, 2.45) is 0 Å². The molecule has 3 heterocycles. The zero-order chi connectivity index (χ0) is 26.8. The lowest BCUT2D eigenvalue weighted by molar-refractivity contribution is -0.119. The molecular formula is C27H26F2N4O5. The Bertz CT molecular complexity index is 1370. The van der Waals surface area contributed by atoms with E-state index in [0.717, 1.165) is 18.5 Å². The van der Waals surface area contributed by atoms with Crippen molar-refractivity contribution in [2.45, 2.75) is 39.2 Å². The van der Waals surface area contributed by atoms with Gasteiger partial charge in [0.2, 0.25) is 5.91 Å². The molecule has 2 aromatic carbocycles. The predicted molar refractivity (Wildman–Crippen MR) is 134 cm³/mol. The zero-order valence-corrected chi connectivity index (χ0v) is 20.7. The van der Waals surface area contributed by atoms with Crippen LogP contribution in [0.5, 0.6) is 5.75 Å². The summed E-state index contributed by atoms with van der Waals surface area (Å²) in [5, 5.41) is 4.37. The first-order valence-electron chi connectivity index (χ1n) is 12.4. The number of amides is 2. The van der Waals surface area contributed by atoms with E-state index in [1.165, 1.54) is 22.9 Å². The normalized spacial score (nSPS) is 15.6. The third-order valence-electron chi connectivity index (χ3n) is 6.57. The number of anilines is 2. The maximum absolute atomic E-state index is 13.8. The lowest BCUT2D eigenvalue weighted by Gasteiger charge is -2.29. The first-order valence-corrected chi connectivity index (χ1v) is 12.4. The number of hydrogen-bond donors (Lipinski definition) is 0. The lowest BCUT2D eigenvalue weighted by Crippen LogP contribution is -2.39. The first kappa shape index (κ1) is 25.4. The predicted octanol–water partition coefficient (Wildman–Crippen LogP) is 4.37. The Morgan fingerprint density at radius 2 is 1.71 bits per heavy atom. The minimum atomic E-state index is -3.02. The zero-order valence-electron chi connectivity index (χ0n) is 20.7. The van der Waals surface area contributed by atoms with E-state index in [9.17, 15) is 23.2 Å². The lowest BCUT2D eigenvalue weighted by atomic mass is 10.0. The molecule has 2 amide bonds. The van der Waals surface area contributed by atoms with E-state index >= 15 is 0 Å². The van der Waals surface area contributed by atoms with Gasteiger partial charge in [0, 0.05) is 42.5 Å². The molecule has 198 valence electrons. The van der Waals surface area contributed by atoms with Crippen LogP contribution in [-0.4, -0.2) is 53.9 Å². The van der Waals surface area contributed by atoms with Crippen LogP contribution in [0, 0.1) is 0 Å². The summed E-state index contributed by atoms with van der Waals surface area (Å²) < 4.78 is 36.5. The van der Waals surface area contributed by atoms with Gasteiger partial charge in [-0.1, -0.05) is 6.07 Å². The topological polar surface area (TPSA) is 94.0 Å². The van der Waals surface area contributed by atoms with Crippen molar-refractivity contribution in [1.82, 2.24) is 9.78 Å². The van der Waals surface area contributed by atoms with Gasteiger partial charge < -0.3 is 19.3 Å². The van der Waals surface area contributed by atoms with Gasteiger partial charge in [-0.2, -0.15) is 13.9 Å². The Labute approximate surface area is 217 Å². The number of halogens is 2. The second kappa shape index (κ2) is 10.6. The van der Waals surface area contributed by atoms with Crippen LogP contribution in [0.4, 0.5) is 20.2 Å². The molecule has 0 aliphatic carbocycles. The molecule has 2 aliphatic rings. The van der Waals surface area contributed by atoms with E-state index < -0.39 is 18.5 Å². The number of esters is 1. The molecule has 5 rings (SSSR count). The van der Waals surface area contributed by atoms with Crippen LogP contribution in [-0.2, 0) is 16.0 Å². The second-order valence-electron chi connectivity index (χ2n) is 8.91. The smallest absolute Gasteiger partial charge is 0.387 e. The molecular weight excluding hydrogens is 498 g/mol. The average Bonchev–Trinajstić information content (AvgIpc) is 3.30. The summed E-state index contributed by atoms with van der Waals surface area (Å²) in [6, 6.07) is 13.0. The highest BCUT2D eigenvalue weighted by Gasteiger charge is 2.35. The van der Waals surface area contributed by atoms with Gasteiger partial charge in [0.15, 0.2) is 5.69 Å². The number of hydrogen-bond acceptors (Lipinski definition) is 6. The molecule has 0 N–H and O–H groups in total. The fourth-order valence-electron chi connectivity index (χ4n) is 4.84. The van der Waals surface area contributed by atoms with Crippen LogP contribution in [0.1, 0.15) is 52.7 Å². The van der Waals surface area contributed by atoms with Crippen molar-refractivity contribution in [1.29, 1.82) is 0 Å². The number of carbonyl (C=O) groups is 3. The Morgan fingerprint density at radius 3 is 2.39 bits per heavy atom. The molecule has 0 unspecified atom stereocenters. The monoisotopic (exact) mass is 524 g/mol. The molecule has 0 spiro atoms. The van der Waals surface area contributed by atoms with E-state index in [1.54, 1.807) is 34.9 Å². The Hall–Kier alpha value is -4.28. The summed E-state index contributed by atoms with van der Waals surface area (Å²) in [5.41, 5.74) is 2.26. The molecule has 38 heavy (non-hydrogen) atoms. The van der Waals surface area contributed by atoms with Gasteiger partial charge in [-0.25, -0.2) is 9.48 Å².